The molecule has 2 aromatic rings. The van der Waals surface area contributed by atoms with Crippen LogP contribution in [0.2, 0.25) is 0 Å². The molecule has 1 aromatic carbocycles. The van der Waals surface area contributed by atoms with Gasteiger partial charge < -0.3 is 4.90 Å². The van der Waals surface area contributed by atoms with Crippen molar-refractivity contribution in [2.75, 3.05) is 5.32 Å². The zero-order chi connectivity index (χ0) is 16.4. The SMILES string of the molecule is O=C(Nc1nncs1)N(Cc1ccccc1C(F)(F)F)C1CC1. The summed E-state index contributed by atoms with van der Waals surface area (Å²) in [6, 6.07) is 4.82. The molecule has 0 atom stereocenters. The van der Waals surface area contributed by atoms with Gasteiger partial charge in [-0.15, -0.1) is 10.2 Å². The van der Waals surface area contributed by atoms with Crippen LogP contribution in [0.5, 0.6) is 0 Å². The molecular formula is C14H13F3N4OS. The zero-order valence-electron chi connectivity index (χ0n) is 11.9. The van der Waals surface area contributed by atoms with E-state index in [1.54, 1.807) is 0 Å². The van der Waals surface area contributed by atoms with Crippen LogP contribution >= 0.6 is 11.3 Å². The van der Waals surface area contributed by atoms with Crippen molar-refractivity contribution in [1.29, 1.82) is 0 Å². The maximum atomic E-state index is 13.1. The number of urea groups is 1. The van der Waals surface area contributed by atoms with Gasteiger partial charge in [0.15, 0.2) is 0 Å². The Bertz CT molecular complexity index is 686. The van der Waals surface area contributed by atoms with Crippen molar-refractivity contribution >= 4 is 22.5 Å². The molecule has 2 amide bonds. The molecular weight excluding hydrogens is 329 g/mol. The molecule has 1 saturated carbocycles. The maximum absolute atomic E-state index is 13.1. The van der Waals surface area contributed by atoms with E-state index >= 15 is 0 Å². The van der Waals surface area contributed by atoms with Crippen molar-refractivity contribution in [3.8, 4) is 0 Å². The largest absolute Gasteiger partial charge is 0.416 e. The van der Waals surface area contributed by atoms with Crippen LogP contribution < -0.4 is 5.32 Å². The molecule has 1 heterocycles. The molecule has 9 heteroatoms. The number of rotatable bonds is 4. The number of aromatic nitrogens is 2. The first-order chi connectivity index (χ1) is 10.9. The Balaban J connectivity index is 1.80. The van der Waals surface area contributed by atoms with Gasteiger partial charge in [-0.2, -0.15) is 13.2 Å². The highest BCUT2D eigenvalue weighted by Gasteiger charge is 2.37. The van der Waals surface area contributed by atoms with E-state index in [1.807, 2.05) is 0 Å². The van der Waals surface area contributed by atoms with Crippen LogP contribution in [-0.2, 0) is 12.7 Å². The lowest BCUT2D eigenvalue weighted by atomic mass is 10.1. The Morgan fingerprint density at radius 2 is 2.09 bits per heavy atom. The molecule has 0 bridgehead atoms. The van der Waals surface area contributed by atoms with E-state index in [-0.39, 0.29) is 18.2 Å². The normalized spacial score (nSPS) is 14.6. The van der Waals surface area contributed by atoms with E-state index in [0.717, 1.165) is 30.2 Å². The summed E-state index contributed by atoms with van der Waals surface area (Å²) in [6.07, 6.45) is -2.86. The standard InChI is InChI=1S/C14H13F3N4OS/c15-14(16,17)11-4-2-1-3-9(11)7-21(10-5-6-10)13(22)19-12-20-18-8-23-12/h1-4,8,10H,5-7H2,(H,19,20,22). The van der Waals surface area contributed by atoms with E-state index in [9.17, 15) is 18.0 Å². The first kappa shape index (κ1) is 15.7. The van der Waals surface area contributed by atoms with Gasteiger partial charge in [0.1, 0.15) is 5.51 Å². The molecule has 0 spiro atoms. The summed E-state index contributed by atoms with van der Waals surface area (Å²) >= 11 is 1.15. The van der Waals surface area contributed by atoms with Crippen molar-refractivity contribution in [3.63, 3.8) is 0 Å². The van der Waals surface area contributed by atoms with Gasteiger partial charge in [0.25, 0.3) is 0 Å². The molecule has 0 saturated heterocycles. The number of benzene rings is 1. The van der Waals surface area contributed by atoms with Gasteiger partial charge in [0, 0.05) is 12.6 Å². The van der Waals surface area contributed by atoms with E-state index in [4.69, 9.17) is 0 Å². The van der Waals surface area contributed by atoms with Crippen molar-refractivity contribution in [3.05, 3.63) is 40.9 Å². The third-order valence-corrected chi connectivity index (χ3v) is 4.09. The van der Waals surface area contributed by atoms with Crippen LogP contribution in [0.4, 0.5) is 23.1 Å². The quantitative estimate of drug-likeness (QED) is 0.920. The highest BCUT2D eigenvalue weighted by Crippen LogP contribution is 2.35. The Hall–Kier alpha value is -2.16. The van der Waals surface area contributed by atoms with E-state index < -0.39 is 17.8 Å². The van der Waals surface area contributed by atoms with Gasteiger partial charge in [-0.1, -0.05) is 29.5 Å². The molecule has 1 N–H and O–H groups in total. The second kappa shape index (κ2) is 6.15. The Kier molecular flexibility index (Phi) is 4.20. The Morgan fingerprint density at radius 1 is 1.35 bits per heavy atom. The van der Waals surface area contributed by atoms with Gasteiger partial charge in [-0.05, 0) is 24.5 Å². The topological polar surface area (TPSA) is 58.1 Å². The molecule has 3 rings (SSSR count). The van der Waals surface area contributed by atoms with Gasteiger partial charge in [-0.25, -0.2) is 4.79 Å². The average Bonchev–Trinajstić information content (AvgIpc) is 3.21. The third-order valence-electron chi connectivity index (χ3n) is 3.49. The zero-order valence-corrected chi connectivity index (χ0v) is 12.7. The van der Waals surface area contributed by atoms with Crippen LogP contribution in [0.15, 0.2) is 29.8 Å². The predicted octanol–water partition coefficient (Wildman–Crippen LogP) is 3.75. The minimum absolute atomic E-state index is 0.0378. The van der Waals surface area contributed by atoms with Crippen molar-refractivity contribution in [2.45, 2.75) is 31.6 Å². The number of halogens is 3. The maximum Gasteiger partial charge on any atom is 0.416 e. The molecule has 0 radical (unpaired) electrons. The summed E-state index contributed by atoms with van der Waals surface area (Å²) in [4.78, 5) is 13.8. The van der Waals surface area contributed by atoms with Crippen LogP contribution in [0.25, 0.3) is 0 Å². The molecule has 5 nitrogen and oxygen atoms in total. The smallest absolute Gasteiger partial charge is 0.317 e. The summed E-state index contributed by atoms with van der Waals surface area (Å²) in [5.41, 5.74) is 0.837. The second-order valence-electron chi connectivity index (χ2n) is 5.19. The monoisotopic (exact) mass is 342 g/mol. The second-order valence-corrected chi connectivity index (χ2v) is 6.02. The van der Waals surface area contributed by atoms with Crippen molar-refractivity contribution in [2.24, 2.45) is 0 Å². The first-order valence-corrected chi connectivity index (χ1v) is 7.82. The lowest BCUT2D eigenvalue weighted by Crippen LogP contribution is -2.36. The molecule has 1 aliphatic carbocycles. The fourth-order valence-electron chi connectivity index (χ4n) is 2.26. The average molecular weight is 342 g/mol. The van der Waals surface area contributed by atoms with Crippen LogP contribution in [-0.4, -0.2) is 27.2 Å². The Labute approximate surface area is 134 Å². The number of nitrogens with one attached hydrogen (secondary N) is 1. The number of hydrogen-bond acceptors (Lipinski definition) is 4. The van der Waals surface area contributed by atoms with Crippen molar-refractivity contribution < 1.29 is 18.0 Å². The molecule has 0 aliphatic heterocycles. The number of hydrogen-bond donors (Lipinski definition) is 1. The molecule has 122 valence electrons. The number of alkyl halides is 3. The molecule has 1 aliphatic rings. The summed E-state index contributed by atoms with van der Waals surface area (Å²) in [7, 11) is 0. The molecule has 1 fully saturated rings. The van der Waals surface area contributed by atoms with E-state index in [2.05, 4.69) is 15.5 Å². The fourth-order valence-corrected chi connectivity index (χ4v) is 2.70. The van der Waals surface area contributed by atoms with Gasteiger partial charge in [0.2, 0.25) is 5.13 Å². The lowest BCUT2D eigenvalue weighted by molar-refractivity contribution is -0.138. The summed E-state index contributed by atoms with van der Waals surface area (Å²) in [5.74, 6) is 0. The summed E-state index contributed by atoms with van der Waals surface area (Å²) in [6.45, 7) is -0.0923. The minimum Gasteiger partial charge on any atom is -0.317 e. The molecule has 1 aromatic heterocycles. The first-order valence-electron chi connectivity index (χ1n) is 6.94. The van der Waals surface area contributed by atoms with Gasteiger partial charge >= 0.3 is 12.2 Å². The highest BCUT2D eigenvalue weighted by molar-refractivity contribution is 7.13. The van der Waals surface area contributed by atoms with Gasteiger partial charge in [-0.3, -0.25) is 5.32 Å². The van der Waals surface area contributed by atoms with Gasteiger partial charge in [0.05, 0.1) is 5.56 Å². The number of carbonyl (C=O) groups is 1. The number of nitrogens with zero attached hydrogens (tertiary/aromatic N) is 3. The van der Waals surface area contributed by atoms with E-state index in [1.165, 1.54) is 28.6 Å². The number of amides is 2. The Morgan fingerprint density at radius 3 is 2.70 bits per heavy atom. The highest BCUT2D eigenvalue weighted by atomic mass is 32.1. The van der Waals surface area contributed by atoms with Crippen LogP contribution in [0.1, 0.15) is 24.0 Å². The minimum atomic E-state index is -4.44. The molecule has 0 unspecified atom stereocenters. The number of carbonyl (C=O) groups excluding carboxylic acids is 1. The van der Waals surface area contributed by atoms with Crippen LogP contribution in [0.3, 0.4) is 0 Å². The van der Waals surface area contributed by atoms with Crippen LogP contribution in [0, 0.1) is 0 Å². The van der Waals surface area contributed by atoms with E-state index in [0.29, 0.717) is 5.13 Å². The van der Waals surface area contributed by atoms with Crippen molar-refractivity contribution in [1.82, 2.24) is 15.1 Å². The summed E-state index contributed by atoms with van der Waals surface area (Å²) in [5, 5.41) is 10.2. The number of anilines is 1. The lowest BCUT2D eigenvalue weighted by Gasteiger charge is -2.24. The third kappa shape index (κ3) is 3.79. The fraction of sp³-hybridized carbons (Fsp3) is 0.357. The predicted molar refractivity (Wildman–Crippen MR) is 78.9 cm³/mol. The summed E-state index contributed by atoms with van der Waals surface area (Å²) < 4.78 is 39.3. The molecule has 23 heavy (non-hydrogen) atoms.